The first-order valence-electron chi connectivity index (χ1n) is 7.40. The minimum Gasteiger partial charge on any atom is -0.464 e. The van der Waals surface area contributed by atoms with Crippen LogP contribution in [0.4, 0.5) is 13.2 Å². The number of halogens is 3. The standard InChI is InChI=1S/C15H23F3N2O/c1-11-8-13(11)14-5-4-12(21-14)9-19-6-3-7-20(2)10-15(16,17)18/h4-5,11,13,19H,3,6-10H2,1-2H3. The Bertz CT molecular complexity index is 444. The molecule has 0 aliphatic heterocycles. The van der Waals surface area contributed by atoms with Gasteiger partial charge in [0.25, 0.3) is 0 Å². The van der Waals surface area contributed by atoms with Crippen LogP contribution in [0.5, 0.6) is 0 Å². The molecule has 1 aliphatic rings. The molecule has 21 heavy (non-hydrogen) atoms. The quantitative estimate of drug-likeness (QED) is 0.746. The van der Waals surface area contributed by atoms with Crippen molar-refractivity contribution in [2.24, 2.45) is 5.92 Å². The highest BCUT2D eigenvalue weighted by molar-refractivity contribution is 5.17. The molecule has 1 heterocycles. The summed E-state index contributed by atoms with van der Waals surface area (Å²) in [5.74, 6) is 3.26. The van der Waals surface area contributed by atoms with E-state index in [1.54, 1.807) is 0 Å². The first-order valence-corrected chi connectivity index (χ1v) is 7.40. The van der Waals surface area contributed by atoms with E-state index in [0.29, 0.717) is 32.0 Å². The maximum atomic E-state index is 12.1. The first kappa shape index (κ1) is 16.4. The predicted octanol–water partition coefficient (Wildman–Crippen LogP) is 3.38. The molecule has 0 spiro atoms. The summed E-state index contributed by atoms with van der Waals surface area (Å²) in [6.07, 6.45) is -2.24. The maximum absolute atomic E-state index is 12.1. The molecule has 0 bridgehead atoms. The fraction of sp³-hybridized carbons (Fsp3) is 0.733. The molecule has 120 valence electrons. The third-order valence-electron chi connectivity index (χ3n) is 3.80. The van der Waals surface area contributed by atoms with E-state index in [1.807, 2.05) is 12.1 Å². The summed E-state index contributed by atoms with van der Waals surface area (Å²) in [7, 11) is 1.49. The van der Waals surface area contributed by atoms with Crippen LogP contribution in [0.2, 0.25) is 0 Å². The lowest BCUT2D eigenvalue weighted by atomic mass is 10.3. The van der Waals surface area contributed by atoms with Gasteiger partial charge in [-0.15, -0.1) is 0 Å². The summed E-state index contributed by atoms with van der Waals surface area (Å²) < 4.78 is 42.1. The minimum absolute atomic E-state index is 0.426. The molecule has 1 aliphatic carbocycles. The minimum atomic E-state index is -4.12. The Morgan fingerprint density at radius 1 is 1.38 bits per heavy atom. The Hall–Kier alpha value is -1.01. The van der Waals surface area contributed by atoms with Gasteiger partial charge in [0, 0.05) is 5.92 Å². The van der Waals surface area contributed by atoms with Crippen LogP contribution in [0.1, 0.15) is 37.2 Å². The highest BCUT2D eigenvalue weighted by Gasteiger charge is 2.36. The summed E-state index contributed by atoms with van der Waals surface area (Å²) in [4.78, 5) is 1.29. The summed E-state index contributed by atoms with van der Waals surface area (Å²) >= 11 is 0. The zero-order valence-corrected chi connectivity index (χ0v) is 12.5. The Balaban J connectivity index is 1.56. The molecule has 0 aromatic carbocycles. The van der Waals surface area contributed by atoms with E-state index in [9.17, 15) is 13.2 Å². The molecule has 2 atom stereocenters. The number of hydrogen-bond donors (Lipinski definition) is 1. The number of hydrogen-bond acceptors (Lipinski definition) is 3. The zero-order valence-electron chi connectivity index (χ0n) is 12.5. The molecule has 6 heteroatoms. The van der Waals surface area contributed by atoms with E-state index >= 15 is 0 Å². The largest absolute Gasteiger partial charge is 0.464 e. The van der Waals surface area contributed by atoms with E-state index in [0.717, 1.165) is 17.4 Å². The summed E-state index contributed by atoms with van der Waals surface area (Å²) in [5, 5.41) is 3.20. The number of nitrogens with one attached hydrogen (secondary N) is 1. The highest BCUT2D eigenvalue weighted by atomic mass is 19.4. The highest BCUT2D eigenvalue weighted by Crippen LogP contribution is 2.47. The molecule has 2 rings (SSSR count). The van der Waals surface area contributed by atoms with Crippen molar-refractivity contribution in [3.05, 3.63) is 23.7 Å². The van der Waals surface area contributed by atoms with Gasteiger partial charge in [-0.2, -0.15) is 13.2 Å². The molecular weight excluding hydrogens is 281 g/mol. The fourth-order valence-corrected chi connectivity index (χ4v) is 2.48. The molecule has 1 aromatic heterocycles. The number of furan rings is 1. The Morgan fingerprint density at radius 3 is 2.71 bits per heavy atom. The van der Waals surface area contributed by atoms with Crippen molar-refractivity contribution in [3.8, 4) is 0 Å². The summed E-state index contributed by atoms with van der Waals surface area (Å²) in [6, 6.07) is 4.01. The van der Waals surface area contributed by atoms with Crippen LogP contribution in [-0.4, -0.2) is 37.8 Å². The molecule has 0 saturated heterocycles. The van der Waals surface area contributed by atoms with Crippen LogP contribution in [0.3, 0.4) is 0 Å². The lowest BCUT2D eigenvalue weighted by Crippen LogP contribution is -2.32. The van der Waals surface area contributed by atoms with Crippen molar-refractivity contribution in [2.45, 2.75) is 38.4 Å². The van der Waals surface area contributed by atoms with Crippen LogP contribution in [-0.2, 0) is 6.54 Å². The second-order valence-corrected chi connectivity index (χ2v) is 6.01. The molecule has 1 N–H and O–H groups in total. The van der Waals surface area contributed by atoms with Crippen LogP contribution in [0.15, 0.2) is 16.5 Å². The molecule has 2 unspecified atom stereocenters. The van der Waals surface area contributed by atoms with Gasteiger partial charge in [0.15, 0.2) is 0 Å². The van der Waals surface area contributed by atoms with Gasteiger partial charge >= 0.3 is 6.18 Å². The Labute approximate surface area is 123 Å². The van der Waals surface area contributed by atoms with Crippen LogP contribution in [0, 0.1) is 5.92 Å². The Kier molecular flexibility index (Phi) is 5.32. The lowest BCUT2D eigenvalue weighted by molar-refractivity contribution is -0.143. The van der Waals surface area contributed by atoms with Crippen LogP contribution < -0.4 is 5.32 Å². The van der Waals surface area contributed by atoms with Gasteiger partial charge in [-0.05, 0) is 51.0 Å². The third-order valence-corrected chi connectivity index (χ3v) is 3.80. The molecule has 0 radical (unpaired) electrons. The van der Waals surface area contributed by atoms with Gasteiger partial charge in [-0.25, -0.2) is 0 Å². The fourth-order valence-electron chi connectivity index (χ4n) is 2.48. The average Bonchev–Trinajstić information content (AvgIpc) is 2.90. The van der Waals surface area contributed by atoms with Gasteiger partial charge in [0.1, 0.15) is 11.5 Å². The van der Waals surface area contributed by atoms with E-state index in [1.165, 1.54) is 18.4 Å². The van der Waals surface area contributed by atoms with Crippen molar-refractivity contribution < 1.29 is 17.6 Å². The van der Waals surface area contributed by atoms with Crippen LogP contribution in [0.25, 0.3) is 0 Å². The van der Waals surface area contributed by atoms with Crippen molar-refractivity contribution in [3.63, 3.8) is 0 Å². The monoisotopic (exact) mass is 304 g/mol. The van der Waals surface area contributed by atoms with E-state index in [4.69, 9.17) is 4.42 Å². The van der Waals surface area contributed by atoms with Crippen molar-refractivity contribution >= 4 is 0 Å². The van der Waals surface area contributed by atoms with E-state index < -0.39 is 12.7 Å². The Morgan fingerprint density at radius 2 is 2.10 bits per heavy atom. The zero-order chi connectivity index (χ0) is 15.5. The van der Waals surface area contributed by atoms with Crippen LogP contribution >= 0.6 is 0 Å². The molecular formula is C15H23F3N2O. The average molecular weight is 304 g/mol. The number of alkyl halides is 3. The molecule has 1 saturated carbocycles. The second-order valence-electron chi connectivity index (χ2n) is 6.01. The number of rotatable bonds is 8. The van der Waals surface area contributed by atoms with Gasteiger partial charge in [-0.1, -0.05) is 6.92 Å². The van der Waals surface area contributed by atoms with Crippen molar-refractivity contribution in [1.82, 2.24) is 10.2 Å². The van der Waals surface area contributed by atoms with Crippen molar-refractivity contribution in [2.75, 3.05) is 26.7 Å². The first-order chi connectivity index (χ1) is 9.85. The molecule has 1 aromatic rings. The van der Waals surface area contributed by atoms with Gasteiger partial charge < -0.3 is 9.73 Å². The van der Waals surface area contributed by atoms with Gasteiger partial charge in [0.05, 0.1) is 13.1 Å². The molecule has 1 fully saturated rings. The molecule has 3 nitrogen and oxygen atoms in total. The van der Waals surface area contributed by atoms with Gasteiger partial charge in [0.2, 0.25) is 0 Å². The normalized spacial score (nSPS) is 22.0. The smallest absolute Gasteiger partial charge is 0.401 e. The summed E-state index contributed by atoms with van der Waals surface area (Å²) in [6.45, 7) is 3.09. The molecule has 0 amide bonds. The third kappa shape index (κ3) is 5.71. The topological polar surface area (TPSA) is 28.4 Å². The van der Waals surface area contributed by atoms with Gasteiger partial charge in [-0.3, -0.25) is 4.90 Å². The SMILES string of the molecule is CC1CC1c1ccc(CNCCCN(C)CC(F)(F)F)o1. The van der Waals surface area contributed by atoms with Crippen molar-refractivity contribution in [1.29, 1.82) is 0 Å². The lowest BCUT2D eigenvalue weighted by Gasteiger charge is -2.18. The predicted molar refractivity (Wildman–Crippen MR) is 75.1 cm³/mol. The second kappa shape index (κ2) is 6.83. The number of nitrogens with zero attached hydrogens (tertiary/aromatic N) is 1. The van der Waals surface area contributed by atoms with E-state index in [-0.39, 0.29) is 0 Å². The summed E-state index contributed by atoms with van der Waals surface area (Å²) in [5.41, 5.74) is 0. The maximum Gasteiger partial charge on any atom is 0.401 e. The van der Waals surface area contributed by atoms with E-state index in [2.05, 4.69) is 12.2 Å².